The molecule has 0 aromatic heterocycles. The summed E-state index contributed by atoms with van der Waals surface area (Å²) >= 11 is 1.74. The molecule has 2 rings (SSSR count). The highest BCUT2D eigenvalue weighted by Crippen LogP contribution is 2.43. The second-order valence-corrected chi connectivity index (χ2v) is 5.92. The van der Waals surface area contributed by atoms with Crippen molar-refractivity contribution in [3.05, 3.63) is 0 Å². The summed E-state index contributed by atoms with van der Waals surface area (Å²) < 4.78 is 5.97. The molecule has 0 amide bonds. The lowest BCUT2D eigenvalue weighted by Gasteiger charge is -2.40. The Morgan fingerprint density at radius 1 is 1.47 bits per heavy atom. The maximum Gasteiger partial charge on any atom is 0.0686 e. The highest BCUT2D eigenvalue weighted by molar-refractivity contribution is 7.98. The number of rotatable bonds is 3. The van der Waals surface area contributed by atoms with Crippen LogP contribution in [-0.2, 0) is 4.74 Å². The summed E-state index contributed by atoms with van der Waals surface area (Å²) in [4.78, 5) is 0. The summed E-state index contributed by atoms with van der Waals surface area (Å²) in [5, 5.41) is 10.0. The fraction of sp³-hybridized carbons (Fsp3) is 1.00. The van der Waals surface area contributed by atoms with Crippen LogP contribution in [-0.4, -0.2) is 35.4 Å². The number of aliphatic hydroxyl groups excluding tert-OH is 1. The molecular formula is C12H22O2S. The number of ether oxygens (including phenoxy) is 1. The molecule has 1 N–H and O–H groups in total. The summed E-state index contributed by atoms with van der Waals surface area (Å²) in [5.41, 5.74) is 0.155. The third-order valence-corrected chi connectivity index (χ3v) is 4.60. The molecular weight excluding hydrogens is 208 g/mol. The van der Waals surface area contributed by atoms with Crippen LogP contribution in [0, 0.1) is 5.92 Å². The first-order valence-electron chi connectivity index (χ1n) is 6.07. The van der Waals surface area contributed by atoms with Crippen LogP contribution in [0.1, 0.15) is 38.5 Å². The molecule has 1 saturated heterocycles. The Kier molecular flexibility index (Phi) is 3.97. The van der Waals surface area contributed by atoms with Crippen LogP contribution in [0.15, 0.2) is 0 Å². The van der Waals surface area contributed by atoms with Gasteiger partial charge in [-0.05, 0) is 37.9 Å². The van der Waals surface area contributed by atoms with Crippen molar-refractivity contribution in [2.45, 2.75) is 50.2 Å². The van der Waals surface area contributed by atoms with E-state index in [1.807, 2.05) is 0 Å². The van der Waals surface area contributed by atoms with Crippen LogP contribution >= 0.6 is 11.8 Å². The van der Waals surface area contributed by atoms with Gasteiger partial charge in [-0.15, -0.1) is 0 Å². The lowest BCUT2D eigenvalue weighted by Crippen LogP contribution is -2.41. The predicted octanol–water partition coefficient (Wildman–Crippen LogP) is 2.45. The Morgan fingerprint density at radius 3 is 2.87 bits per heavy atom. The standard InChI is InChI=1S/C12H22O2S/c1-15-9-11(13)10-4-7-14-12(8-10)5-2-3-6-12/h10-11,13H,2-9H2,1H3. The van der Waals surface area contributed by atoms with Gasteiger partial charge in [0.1, 0.15) is 0 Å². The molecule has 2 nitrogen and oxygen atoms in total. The zero-order valence-corrected chi connectivity index (χ0v) is 10.4. The molecule has 88 valence electrons. The van der Waals surface area contributed by atoms with E-state index in [2.05, 4.69) is 6.26 Å². The average Bonchev–Trinajstić information content (AvgIpc) is 2.67. The second kappa shape index (κ2) is 5.07. The van der Waals surface area contributed by atoms with E-state index < -0.39 is 0 Å². The van der Waals surface area contributed by atoms with Crippen LogP contribution in [0.25, 0.3) is 0 Å². The van der Waals surface area contributed by atoms with E-state index in [0.29, 0.717) is 5.92 Å². The molecule has 2 fully saturated rings. The van der Waals surface area contributed by atoms with Crippen molar-refractivity contribution in [1.29, 1.82) is 0 Å². The molecule has 0 aromatic carbocycles. The zero-order chi connectivity index (χ0) is 10.7. The van der Waals surface area contributed by atoms with Crippen molar-refractivity contribution in [3.8, 4) is 0 Å². The van der Waals surface area contributed by atoms with Crippen LogP contribution in [0.4, 0.5) is 0 Å². The number of aliphatic hydroxyl groups is 1. The monoisotopic (exact) mass is 230 g/mol. The Labute approximate surface area is 96.8 Å². The maximum absolute atomic E-state index is 10.0. The van der Waals surface area contributed by atoms with Crippen molar-refractivity contribution in [3.63, 3.8) is 0 Å². The van der Waals surface area contributed by atoms with Gasteiger partial charge < -0.3 is 9.84 Å². The molecule has 1 heterocycles. The average molecular weight is 230 g/mol. The fourth-order valence-electron chi connectivity index (χ4n) is 3.07. The van der Waals surface area contributed by atoms with Gasteiger partial charge in [0.15, 0.2) is 0 Å². The fourth-order valence-corrected chi connectivity index (χ4v) is 3.68. The van der Waals surface area contributed by atoms with Crippen molar-refractivity contribution in [2.24, 2.45) is 5.92 Å². The molecule has 1 aliphatic carbocycles. The van der Waals surface area contributed by atoms with Gasteiger partial charge in [-0.1, -0.05) is 12.8 Å². The first-order valence-corrected chi connectivity index (χ1v) is 7.46. The van der Waals surface area contributed by atoms with Gasteiger partial charge in [0.05, 0.1) is 11.7 Å². The topological polar surface area (TPSA) is 29.5 Å². The van der Waals surface area contributed by atoms with E-state index in [1.165, 1.54) is 25.7 Å². The molecule has 0 bridgehead atoms. The Balaban J connectivity index is 1.91. The molecule has 1 aliphatic heterocycles. The summed E-state index contributed by atoms with van der Waals surface area (Å²) in [7, 11) is 0. The minimum atomic E-state index is -0.124. The molecule has 1 saturated carbocycles. The lowest BCUT2D eigenvalue weighted by molar-refractivity contribution is -0.109. The largest absolute Gasteiger partial charge is 0.392 e. The molecule has 3 heteroatoms. The van der Waals surface area contributed by atoms with Crippen LogP contribution in [0.5, 0.6) is 0 Å². The maximum atomic E-state index is 10.0. The number of hydrogen-bond acceptors (Lipinski definition) is 3. The SMILES string of the molecule is CSCC(O)C1CCOC2(CCCC2)C1. The highest BCUT2D eigenvalue weighted by Gasteiger charge is 2.41. The zero-order valence-electron chi connectivity index (χ0n) is 9.58. The quantitative estimate of drug-likeness (QED) is 0.807. The van der Waals surface area contributed by atoms with E-state index in [4.69, 9.17) is 4.74 Å². The van der Waals surface area contributed by atoms with Crippen LogP contribution in [0.2, 0.25) is 0 Å². The summed E-state index contributed by atoms with van der Waals surface area (Å²) in [6, 6.07) is 0. The Bertz CT molecular complexity index is 202. The van der Waals surface area contributed by atoms with Gasteiger partial charge in [0, 0.05) is 12.4 Å². The Morgan fingerprint density at radius 2 is 2.20 bits per heavy atom. The molecule has 0 radical (unpaired) electrons. The van der Waals surface area contributed by atoms with E-state index >= 15 is 0 Å². The van der Waals surface area contributed by atoms with Gasteiger partial charge in [0.25, 0.3) is 0 Å². The minimum absolute atomic E-state index is 0.124. The molecule has 0 aromatic rings. The van der Waals surface area contributed by atoms with Crippen molar-refractivity contribution in [1.82, 2.24) is 0 Å². The van der Waals surface area contributed by atoms with Crippen LogP contribution < -0.4 is 0 Å². The number of thioether (sulfide) groups is 1. The van der Waals surface area contributed by atoms with E-state index in [0.717, 1.165) is 25.2 Å². The van der Waals surface area contributed by atoms with Gasteiger partial charge >= 0.3 is 0 Å². The third kappa shape index (κ3) is 2.69. The van der Waals surface area contributed by atoms with Gasteiger partial charge in [0.2, 0.25) is 0 Å². The minimum Gasteiger partial charge on any atom is -0.392 e. The van der Waals surface area contributed by atoms with E-state index in [9.17, 15) is 5.11 Å². The molecule has 15 heavy (non-hydrogen) atoms. The molecule has 2 unspecified atom stereocenters. The van der Waals surface area contributed by atoms with E-state index in [1.54, 1.807) is 11.8 Å². The normalized spacial score (nSPS) is 32.0. The van der Waals surface area contributed by atoms with Gasteiger partial charge in [-0.3, -0.25) is 0 Å². The van der Waals surface area contributed by atoms with Crippen molar-refractivity contribution in [2.75, 3.05) is 18.6 Å². The highest BCUT2D eigenvalue weighted by atomic mass is 32.2. The van der Waals surface area contributed by atoms with Gasteiger partial charge in [-0.2, -0.15) is 11.8 Å². The smallest absolute Gasteiger partial charge is 0.0686 e. The summed E-state index contributed by atoms with van der Waals surface area (Å²) in [6.45, 7) is 0.857. The van der Waals surface area contributed by atoms with Crippen molar-refractivity contribution < 1.29 is 9.84 Å². The lowest BCUT2D eigenvalue weighted by atomic mass is 9.82. The summed E-state index contributed by atoms with van der Waals surface area (Å²) in [5.74, 6) is 1.35. The third-order valence-electron chi connectivity index (χ3n) is 3.93. The first-order chi connectivity index (χ1) is 7.26. The van der Waals surface area contributed by atoms with Crippen LogP contribution in [0.3, 0.4) is 0 Å². The molecule has 2 atom stereocenters. The van der Waals surface area contributed by atoms with Crippen molar-refractivity contribution >= 4 is 11.8 Å². The predicted molar refractivity (Wildman–Crippen MR) is 64.3 cm³/mol. The Hall–Kier alpha value is 0.270. The first kappa shape index (κ1) is 11.7. The van der Waals surface area contributed by atoms with Gasteiger partial charge in [-0.25, -0.2) is 0 Å². The second-order valence-electron chi connectivity index (χ2n) is 5.01. The number of hydrogen-bond donors (Lipinski definition) is 1. The molecule has 2 aliphatic rings. The molecule has 1 spiro atoms. The summed E-state index contributed by atoms with van der Waals surface area (Å²) in [6.07, 6.45) is 9.13. The van der Waals surface area contributed by atoms with E-state index in [-0.39, 0.29) is 11.7 Å².